The first kappa shape index (κ1) is 17.5. The standard InChI is InChI=1S/C21H25FO4/c1-12(23)16-6-17(20(24)25-2)18(22)7-19(16)26-11-21-8-13-3-14(9-21)5-15(4-13)10-21/h6-7,13-15H,3-5,8-11H2,1-2H3. The second-order valence-electron chi connectivity index (χ2n) is 8.58. The maximum atomic E-state index is 14.3. The normalized spacial score (nSPS) is 31.7. The van der Waals surface area contributed by atoms with Gasteiger partial charge in [0, 0.05) is 11.5 Å². The molecule has 4 fully saturated rings. The topological polar surface area (TPSA) is 52.6 Å². The average Bonchev–Trinajstić information content (AvgIpc) is 2.58. The lowest BCUT2D eigenvalue weighted by atomic mass is 9.50. The van der Waals surface area contributed by atoms with Crippen LogP contribution in [0.1, 0.15) is 66.2 Å². The molecule has 5 rings (SSSR count). The number of ether oxygens (including phenoxy) is 2. The van der Waals surface area contributed by atoms with Crippen molar-refractivity contribution in [2.45, 2.75) is 45.4 Å². The van der Waals surface area contributed by atoms with Crippen molar-refractivity contribution in [2.75, 3.05) is 13.7 Å². The molecule has 0 unspecified atom stereocenters. The quantitative estimate of drug-likeness (QED) is 0.576. The van der Waals surface area contributed by atoms with Crippen molar-refractivity contribution in [1.82, 2.24) is 0 Å². The summed E-state index contributed by atoms with van der Waals surface area (Å²) in [4.78, 5) is 23.7. The van der Waals surface area contributed by atoms with Gasteiger partial charge in [0.2, 0.25) is 0 Å². The maximum Gasteiger partial charge on any atom is 0.340 e. The van der Waals surface area contributed by atoms with E-state index in [0.29, 0.717) is 6.61 Å². The molecule has 4 bridgehead atoms. The summed E-state index contributed by atoms with van der Waals surface area (Å²) in [6.45, 7) is 1.92. The second kappa shape index (κ2) is 6.36. The van der Waals surface area contributed by atoms with E-state index in [9.17, 15) is 14.0 Å². The van der Waals surface area contributed by atoms with Crippen molar-refractivity contribution in [3.63, 3.8) is 0 Å². The van der Waals surface area contributed by atoms with Gasteiger partial charge in [-0.2, -0.15) is 0 Å². The highest BCUT2D eigenvalue weighted by Gasteiger charge is 2.51. The number of hydrogen-bond acceptors (Lipinski definition) is 4. The van der Waals surface area contributed by atoms with Crippen LogP contribution in [-0.4, -0.2) is 25.5 Å². The van der Waals surface area contributed by atoms with Gasteiger partial charge in [0.05, 0.1) is 24.8 Å². The minimum atomic E-state index is -0.794. The molecule has 0 aliphatic heterocycles. The number of halogens is 1. The molecule has 140 valence electrons. The Labute approximate surface area is 153 Å². The van der Waals surface area contributed by atoms with Crippen LogP contribution < -0.4 is 4.74 Å². The molecule has 1 aromatic rings. The Kier molecular flexibility index (Phi) is 4.28. The summed E-state index contributed by atoms with van der Waals surface area (Å²) in [6, 6.07) is 2.40. The van der Waals surface area contributed by atoms with Crippen molar-refractivity contribution in [2.24, 2.45) is 23.2 Å². The van der Waals surface area contributed by atoms with Gasteiger partial charge in [-0.05, 0) is 69.3 Å². The van der Waals surface area contributed by atoms with Crippen LogP contribution in [0, 0.1) is 29.0 Å². The van der Waals surface area contributed by atoms with Gasteiger partial charge in [-0.25, -0.2) is 9.18 Å². The fourth-order valence-electron chi connectivity index (χ4n) is 5.91. The van der Waals surface area contributed by atoms with E-state index in [0.717, 1.165) is 23.8 Å². The third-order valence-electron chi connectivity index (χ3n) is 6.55. The molecule has 0 atom stereocenters. The van der Waals surface area contributed by atoms with Gasteiger partial charge in [0.15, 0.2) is 5.78 Å². The van der Waals surface area contributed by atoms with E-state index < -0.39 is 11.8 Å². The van der Waals surface area contributed by atoms with Gasteiger partial charge in [-0.1, -0.05) is 0 Å². The van der Waals surface area contributed by atoms with E-state index in [4.69, 9.17) is 4.74 Å². The van der Waals surface area contributed by atoms with Crippen LogP contribution in [0.2, 0.25) is 0 Å². The third kappa shape index (κ3) is 3.01. The van der Waals surface area contributed by atoms with Gasteiger partial charge in [0.25, 0.3) is 0 Å². The summed E-state index contributed by atoms with van der Waals surface area (Å²) in [7, 11) is 1.19. The summed E-state index contributed by atoms with van der Waals surface area (Å²) in [5.74, 6) is 0.871. The summed E-state index contributed by atoms with van der Waals surface area (Å²) < 4.78 is 24.9. The van der Waals surface area contributed by atoms with Crippen LogP contribution in [0.15, 0.2) is 12.1 Å². The zero-order chi connectivity index (χ0) is 18.5. The van der Waals surface area contributed by atoms with Crippen molar-refractivity contribution in [1.29, 1.82) is 0 Å². The molecule has 0 saturated heterocycles. The van der Waals surface area contributed by atoms with Gasteiger partial charge in [0.1, 0.15) is 11.6 Å². The van der Waals surface area contributed by atoms with Gasteiger partial charge in [-0.3, -0.25) is 4.79 Å². The molecule has 4 aliphatic rings. The predicted octanol–water partition coefficient (Wildman–Crippen LogP) is 4.41. The van der Waals surface area contributed by atoms with Gasteiger partial charge >= 0.3 is 5.97 Å². The fraction of sp³-hybridized carbons (Fsp3) is 0.619. The first-order valence-corrected chi connectivity index (χ1v) is 9.45. The molecule has 5 heteroatoms. The summed E-state index contributed by atoms with van der Waals surface area (Å²) in [5.41, 5.74) is 0.164. The third-order valence-corrected chi connectivity index (χ3v) is 6.55. The SMILES string of the molecule is COC(=O)c1cc(C(C)=O)c(OCC23CC4CC(CC(C4)C2)C3)cc1F. The molecule has 4 nitrogen and oxygen atoms in total. The summed E-state index contributed by atoms with van der Waals surface area (Å²) in [6.07, 6.45) is 7.58. The van der Waals surface area contributed by atoms with Crippen molar-refractivity contribution < 1.29 is 23.5 Å². The van der Waals surface area contributed by atoms with E-state index in [-0.39, 0.29) is 28.1 Å². The largest absolute Gasteiger partial charge is 0.492 e. The average molecular weight is 360 g/mol. The number of rotatable bonds is 5. The summed E-state index contributed by atoms with van der Waals surface area (Å²) >= 11 is 0. The molecule has 0 heterocycles. The Morgan fingerprint density at radius 2 is 1.65 bits per heavy atom. The second-order valence-corrected chi connectivity index (χ2v) is 8.58. The fourth-order valence-corrected chi connectivity index (χ4v) is 5.91. The van der Waals surface area contributed by atoms with E-state index in [1.165, 1.54) is 58.6 Å². The molecule has 4 aliphatic carbocycles. The summed E-state index contributed by atoms with van der Waals surface area (Å²) in [5, 5.41) is 0. The minimum absolute atomic E-state index is 0.167. The number of carbonyl (C=O) groups excluding carboxylic acids is 2. The zero-order valence-corrected chi connectivity index (χ0v) is 15.3. The lowest BCUT2D eigenvalue weighted by Crippen LogP contribution is -2.48. The Bertz CT molecular complexity index is 719. The Morgan fingerprint density at radius 3 is 2.15 bits per heavy atom. The van der Waals surface area contributed by atoms with E-state index in [1.54, 1.807) is 0 Å². The Balaban J connectivity index is 1.57. The Morgan fingerprint density at radius 1 is 1.08 bits per heavy atom. The Hall–Kier alpha value is -1.91. The van der Waals surface area contributed by atoms with Crippen LogP contribution >= 0.6 is 0 Å². The van der Waals surface area contributed by atoms with E-state index in [2.05, 4.69) is 4.74 Å². The molecular formula is C21H25FO4. The number of carbonyl (C=O) groups is 2. The highest BCUT2D eigenvalue weighted by molar-refractivity contribution is 6.00. The molecule has 1 aromatic carbocycles. The highest BCUT2D eigenvalue weighted by Crippen LogP contribution is 2.60. The number of methoxy groups -OCH3 is 1. The van der Waals surface area contributed by atoms with E-state index >= 15 is 0 Å². The van der Waals surface area contributed by atoms with Gasteiger partial charge < -0.3 is 9.47 Å². The first-order valence-electron chi connectivity index (χ1n) is 9.45. The first-order chi connectivity index (χ1) is 12.4. The molecule has 4 saturated carbocycles. The number of hydrogen-bond donors (Lipinski definition) is 0. The van der Waals surface area contributed by atoms with Crippen LogP contribution in [-0.2, 0) is 4.74 Å². The minimum Gasteiger partial charge on any atom is -0.492 e. The molecular weight excluding hydrogens is 335 g/mol. The number of ketones is 1. The zero-order valence-electron chi connectivity index (χ0n) is 15.3. The van der Waals surface area contributed by atoms with Crippen LogP contribution in [0.4, 0.5) is 4.39 Å². The van der Waals surface area contributed by atoms with Crippen LogP contribution in [0.25, 0.3) is 0 Å². The van der Waals surface area contributed by atoms with Crippen molar-refractivity contribution >= 4 is 11.8 Å². The maximum absolute atomic E-state index is 14.3. The monoisotopic (exact) mass is 360 g/mol. The molecule has 0 aromatic heterocycles. The van der Waals surface area contributed by atoms with Gasteiger partial charge in [-0.15, -0.1) is 0 Å². The molecule has 0 spiro atoms. The molecule has 0 N–H and O–H groups in total. The molecule has 0 radical (unpaired) electrons. The lowest BCUT2D eigenvalue weighted by molar-refractivity contribution is -0.0746. The lowest BCUT2D eigenvalue weighted by Gasteiger charge is -2.56. The number of Topliss-reactive ketones (excluding diaryl/α,β-unsaturated/α-hetero) is 1. The van der Waals surface area contributed by atoms with E-state index in [1.807, 2.05) is 0 Å². The van der Waals surface area contributed by atoms with Crippen LogP contribution in [0.5, 0.6) is 5.75 Å². The molecule has 0 amide bonds. The molecule has 26 heavy (non-hydrogen) atoms. The van der Waals surface area contributed by atoms with Crippen LogP contribution in [0.3, 0.4) is 0 Å². The van der Waals surface area contributed by atoms with Crippen molar-refractivity contribution in [3.8, 4) is 5.75 Å². The van der Waals surface area contributed by atoms with Crippen molar-refractivity contribution in [3.05, 3.63) is 29.1 Å². The number of benzene rings is 1. The predicted molar refractivity (Wildman–Crippen MR) is 93.8 cm³/mol. The smallest absolute Gasteiger partial charge is 0.340 e. The highest BCUT2D eigenvalue weighted by atomic mass is 19.1. The number of esters is 1.